The number of benzene rings is 3. The molecule has 156 valence electrons. The number of rotatable bonds is 5. The first-order valence-corrected chi connectivity index (χ1v) is 9.32. The summed E-state index contributed by atoms with van der Waals surface area (Å²) in [5.74, 6) is 0.207. The van der Waals surface area contributed by atoms with Crippen molar-refractivity contribution in [2.45, 2.75) is 6.92 Å². The fraction of sp³-hybridized carbons (Fsp3) is 0.0833. The van der Waals surface area contributed by atoms with Crippen molar-refractivity contribution in [3.8, 4) is 23.0 Å². The maximum Gasteiger partial charge on any atom is 0.343 e. The van der Waals surface area contributed by atoms with Crippen molar-refractivity contribution in [2.75, 3.05) is 7.11 Å². The lowest BCUT2D eigenvalue weighted by Crippen LogP contribution is -2.10. The van der Waals surface area contributed by atoms with Gasteiger partial charge in [0.05, 0.1) is 18.1 Å². The second-order valence-electron chi connectivity index (χ2n) is 6.66. The summed E-state index contributed by atoms with van der Waals surface area (Å²) in [7, 11) is 1.54. The van der Waals surface area contributed by atoms with E-state index < -0.39 is 11.8 Å². The molecule has 0 spiro atoms. The van der Waals surface area contributed by atoms with Crippen molar-refractivity contribution in [1.82, 2.24) is 0 Å². The van der Waals surface area contributed by atoms with Crippen molar-refractivity contribution >= 4 is 16.9 Å². The molecule has 1 aromatic heterocycles. The van der Waals surface area contributed by atoms with E-state index in [0.717, 1.165) is 6.07 Å². The number of carbonyl (C=O) groups is 1. The van der Waals surface area contributed by atoms with Crippen LogP contribution in [0.15, 0.2) is 75.9 Å². The highest BCUT2D eigenvalue weighted by Gasteiger charge is 2.16. The molecule has 4 rings (SSSR count). The molecular weight excluding hydrogens is 403 g/mol. The van der Waals surface area contributed by atoms with Crippen LogP contribution in [-0.4, -0.2) is 13.1 Å². The molecule has 31 heavy (non-hydrogen) atoms. The second-order valence-corrected chi connectivity index (χ2v) is 6.66. The molecule has 0 saturated carbocycles. The number of hydrogen-bond acceptors (Lipinski definition) is 6. The van der Waals surface area contributed by atoms with Gasteiger partial charge in [0, 0.05) is 12.1 Å². The fourth-order valence-electron chi connectivity index (χ4n) is 3.01. The first-order valence-electron chi connectivity index (χ1n) is 9.32. The van der Waals surface area contributed by atoms with E-state index in [4.69, 9.17) is 18.6 Å². The third-order valence-electron chi connectivity index (χ3n) is 4.52. The van der Waals surface area contributed by atoms with Gasteiger partial charge in [-0.2, -0.15) is 0 Å². The van der Waals surface area contributed by atoms with Crippen LogP contribution in [0, 0.1) is 12.7 Å². The molecule has 1 heterocycles. The Kier molecular flexibility index (Phi) is 5.41. The van der Waals surface area contributed by atoms with E-state index in [0.29, 0.717) is 11.5 Å². The van der Waals surface area contributed by atoms with Gasteiger partial charge in [-0.15, -0.1) is 0 Å². The van der Waals surface area contributed by atoms with Crippen molar-refractivity contribution in [2.24, 2.45) is 0 Å². The number of esters is 1. The molecule has 4 aromatic rings. The minimum Gasteiger partial charge on any atom is -0.497 e. The molecule has 0 bridgehead atoms. The Morgan fingerprint density at radius 1 is 0.935 bits per heavy atom. The quantitative estimate of drug-likeness (QED) is 0.324. The first kappa shape index (κ1) is 20.2. The predicted molar refractivity (Wildman–Crippen MR) is 112 cm³/mol. The average molecular weight is 420 g/mol. The highest BCUT2D eigenvalue weighted by atomic mass is 19.1. The van der Waals surface area contributed by atoms with Gasteiger partial charge in [0.15, 0.2) is 0 Å². The molecule has 0 radical (unpaired) electrons. The molecular formula is C24H17FO6. The Hall–Kier alpha value is -4.13. The van der Waals surface area contributed by atoms with Crippen LogP contribution in [-0.2, 0) is 0 Å². The van der Waals surface area contributed by atoms with Gasteiger partial charge >= 0.3 is 5.97 Å². The zero-order chi connectivity index (χ0) is 22.0. The van der Waals surface area contributed by atoms with Gasteiger partial charge in [-0.3, -0.25) is 4.79 Å². The number of fused-ring (bicyclic) bond motifs is 1. The standard InChI is InChI=1S/C24H17FO6/c1-14-23(30-18-8-4-7-17(12-18)28-2)22(26)20-10-9-19(13-21(20)29-14)31-24(27)15-5-3-6-16(25)11-15/h3-13H,1-2H3. The number of hydrogen-bond donors (Lipinski definition) is 0. The summed E-state index contributed by atoms with van der Waals surface area (Å²) in [4.78, 5) is 25.2. The number of methoxy groups -OCH3 is 1. The Morgan fingerprint density at radius 2 is 1.71 bits per heavy atom. The average Bonchev–Trinajstić information content (AvgIpc) is 2.76. The Morgan fingerprint density at radius 3 is 2.48 bits per heavy atom. The fourth-order valence-corrected chi connectivity index (χ4v) is 3.01. The normalized spacial score (nSPS) is 10.7. The lowest BCUT2D eigenvalue weighted by molar-refractivity contribution is 0.0734. The van der Waals surface area contributed by atoms with Gasteiger partial charge < -0.3 is 18.6 Å². The number of halogens is 1. The van der Waals surface area contributed by atoms with E-state index in [9.17, 15) is 14.0 Å². The molecule has 0 amide bonds. The van der Waals surface area contributed by atoms with Crippen LogP contribution >= 0.6 is 0 Å². The van der Waals surface area contributed by atoms with Gasteiger partial charge in [-0.05, 0) is 49.4 Å². The van der Waals surface area contributed by atoms with Gasteiger partial charge in [-0.1, -0.05) is 12.1 Å². The van der Waals surface area contributed by atoms with E-state index in [1.54, 1.807) is 31.2 Å². The Bertz CT molecular complexity index is 1340. The summed E-state index contributed by atoms with van der Waals surface area (Å²) in [6, 6.07) is 16.4. The van der Waals surface area contributed by atoms with Gasteiger partial charge in [0.1, 0.15) is 34.4 Å². The van der Waals surface area contributed by atoms with E-state index in [1.165, 1.54) is 43.5 Å². The van der Waals surface area contributed by atoms with Gasteiger partial charge in [0.2, 0.25) is 11.2 Å². The molecule has 0 aliphatic rings. The molecule has 0 fully saturated rings. The summed E-state index contributed by atoms with van der Waals surface area (Å²) < 4.78 is 35.3. The summed E-state index contributed by atoms with van der Waals surface area (Å²) in [6.45, 7) is 1.60. The summed E-state index contributed by atoms with van der Waals surface area (Å²) >= 11 is 0. The maximum absolute atomic E-state index is 13.3. The van der Waals surface area contributed by atoms with Crippen molar-refractivity contribution in [3.63, 3.8) is 0 Å². The van der Waals surface area contributed by atoms with E-state index in [1.807, 2.05) is 0 Å². The monoisotopic (exact) mass is 420 g/mol. The topological polar surface area (TPSA) is 75.0 Å². The molecule has 0 aliphatic carbocycles. The lowest BCUT2D eigenvalue weighted by atomic mass is 10.2. The maximum atomic E-state index is 13.3. The van der Waals surface area contributed by atoms with Crippen molar-refractivity contribution in [3.05, 3.63) is 94.1 Å². The first-order chi connectivity index (χ1) is 14.9. The smallest absolute Gasteiger partial charge is 0.343 e. The van der Waals surface area contributed by atoms with Crippen LogP contribution in [0.2, 0.25) is 0 Å². The summed E-state index contributed by atoms with van der Waals surface area (Å²) in [6.07, 6.45) is 0. The van der Waals surface area contributed by atoms with Crippen molar-refractivity contribution in [1.29, 1.82) is 0 Å². The zero-order valence-electron chi connectivity index (χ0n) is 16.7. The van der Waals surface area contributed by atoms with E-state index >= 15 is 0 Å². The largest absolute Gasteiger partial charge is 0.497 e. The lowest BCUT2D eigenvalue weighted by Gasteiger charge is -2.10. The van der Waals surface area contributed by atoms with Crippen molar-refractivity contribution < 1.29 is 27.8 Å². The highest BCUT2D eigenvalue weighted by molar-refractivity contribution is 5.91. The number of carbonyl (C=O) groups excluding carboxylic acids is 1. The summed E-state index contributed by atoms with van der Waals surface area (Å²) in [5, 5.41) is 0.258. The summed E-state index contributed by atoms with van der Waals surface area (Å²) in [5.41, 5.74) is -0.0746. The molecule has 0 unspecified atom stereocenters. The third-order valence-corrected chi connectivity index (χ3v) is 4.52. The Balaban J connectivity index is 1.64. The van der Waals surface area contributed by atoms with Gasteiger partial charge in [0.25, 0.3) is 0 Å². The second kappa shape index (κ2) is 8.31. The molecule has 0 aliphatic heterocycles. The Labute approximate surface area is 176 Å². The van der Waals surface area contributed by atoms with Crippen LogP contribution < -0.4 is 19.6 Å². The van der Waals surface area contributed by atoms with Crippen LogP contribution in [0.25, 0.3) is 11.0 Å². The number of aryl methyl sites for hydroxylation is 1. The van der Waals surface area contributed by atoms with Crippen LogP contribution in [0.3, 0.4) is 0 Å². The van der Waals surface area contributed by atoms with Gasteiger partial charge in [-0.25, -0.2) is 9.18 Å². The third kappa shape index (κ3) is 4.25. The van der Waals surface area contributed by atoms with Crippen LogP contribution in [0.1, 0.15) is 16.1 Å². The van der Waals surface area contributed by atoms with E-state index in [-0.39, 0.29) is 39.2 Å². The zero-order valence-corrected chi connectivity index (χ0v) is 16.7. The van der Waals surface area contributed by atoms with Crippen LogP contribution in [0.5, 0.6) is 23.0 Å². The molecule has 0 saturated heterocycles. The molecule has 0 atom stereocenters. The minimum atomic E-state index is -0.726. The minimum absolute atomic E-state index is 0.0465. The molecule has 7 heteroatoms. The molecule has 3 aromatic carbocycles. The van der Waals surface area contributed by atoms with Crippen LogP contribution in [0.4, 0.5) is 4.39 Å². The molecule has 6 nitrogen and oxygen atoms in total. The highest BCUT2D eigenvalue weighted by Crippen LogP contribution is 2.29. The number of ether oxygens (including phenoxy) is 3. The SMILES string of the molecule is COc1cccc(Oc2c(C)oc3cc(OC(=O)c4cccc(F)c4)ccc3c2=O)c1. The molecule has 0 N–H and O–H groups in total. The predicted octanol–water partition coefficient (Wildman–Crippen LogP) is 5.26. The van der Waals surface area contributed by atoms with E-state index in [2.05, 4.69) is 0 Å².